The second-order valence-electron chi connectivity index (χ2n) is 17.6. The topological polar surface area (TPSA) is 101 Å². The molecule has 0 amide bonds. The van der Waals surface area contributed by atoms with Crippen molar-refractivity contribution in [2.24, 2.45) is 0 Å². The molecule has 0 aliphatic carbocycles. The van der Waals surface area contributed by atoms with Gasteiger partial charge in [-0.25, -0.2) is 29.9 Å². The Kier molecular flexibility index (Phi) is 9.75. The van der Waals surface area contributed by atoms with E-state index in [0.717, 1.165) is 90.0 Å². The van der Waals surface area contributed by atoms with E-state index >= 15 is 0 Å². The fourth-order valence-corrected chi connectivity index (χ4v) is 9.28. The molecule has 0 radical (unpaired) electrons. The summed E-state index contributed by atoms with van der Waals surface area (Å²) in [6, 6.07) is 40.5. The quantitative estimate of drug-likeness (QED) is 0.116. The molecule has 7 heterocycles. The van der Waals surface area contributed by atoms with Crippen molar-refractivity contribution >= 4 is 62.2 Å². The summed E-state index contributed by atoms with van der Waals surface area (Å²) in [5.41, 5.74) is 12.6. The number of fused-ring (bicyclic) bond motifs is 9. The monoisotopic (exact) mass is 1000 g/mol. The molecule has 312 valence electrons. The second kappa shape index (κ2) is 15.1. The zero-order valence-electron chi connectivity index (χ0n) is 36.4. The van der Waals surface area contributed by atoms with Crippen molar-refractivity contribution in [3.05, 3.63) is 156 Å². The number of nitrogens with zero attached hydrogens (tertiary/aromatic N) is 9. The maximum absolute atomic E-state index is 6.71. The van der Waals surface area contributed by atoms with Crippen LogP contribution in [-0.2, 0) is 26.5 Å². The van der Waals surface area contributed by atoms with Crippen LogP contribution in [0.15, 0.2) is 109 Å². The first-order valence-corrected chi connectivity index (χ1v) is 21.3. The van der Waals surface area contributed by atoms with E-state index in [1.54, 1.807) is 0 Å². The summed E-state index contributed by atoms with van der Waals surface area (Å²) in [7, 11) is 0. The van der Waals surface area contributed by atoms with Crippen molar-refractivity contribution < 1.29 is 25.8 Å². The van der Waals surface area contributed by atoms with E-state index in [1.165, 1.54) is 11.0 Å². The molecule has 10 aromatic rings. The average Bonchev–Trinajstić information content (AvgIpc) is 3.92. The number of rotatable bonds is 7. The summed E-state index contributed by atoms with van der Waals surface area (Å²) in [5, 5.41) is 1.05. The Bertz CT molecular complexity index is 3410. The van der Waals surface area contributed by atoms with Crippen LogP contribution in [0.25, 0.3) is 50.4 Å². The Balaban J connectivity index is 0.00000471. The Hall–Kier alpha value is -6.45. The van der Waals surface area contributed by atoms with Gasteiger partial charge in [0.05, 0.1) is 11.0 Å². The normalized spacial score (nSPS) is 13.3. The molecule has 0 N–H and O–H groups in total. The molecule has 11 rings (SSSR count). The van der Waals surface area contributed by atoms with Crippen molar-refractivity contribution in [3.8, 4) is 23.0 Å². The zero-order chi connectivity index (χ0) is 42.6. The number of aryl methyl sites for hydroxylation is 2. The first-order valence-electron chi connectivity index (χ1n) is 21.3. The number of hydrogen-bond acceptors (Lipinski definition) is 7. The van der Waals surface area contributed by atoms with E-state index < -0.39 is 5.41 Å². The van der Waals surface area contributed by atoms with Crippen LogP contribution >= 0.6 is 0 Å². The predicted octanol–water partition coefficient (Wildman–Crippen LogP) is 8.76. The van der Waals surface area contributed by atoms with Gasteiger partial charge in [-0.3, -0.25) is 4.57 Å². The van der Waals surface area contributed by atoms with Crippen molar-refractivity contribution in [1.82, 2.24) is 43.4 Å². The predicted molar refractivity (Wildman–Crippen MR) is 247 cm³/mol. The molecular formula is C51H44BN9OPt. The van der Waals surface area contributed by atoms with Crippen LogP contribution in [0.1, 0.15) is 87.4 Å². The van der Waals surface area contributed by atoms with Gasteiger partial charge in [0.2, 0.25) is 5.78 Å². The van der Waals surface area contributed by atoms with Crippen molar-refractivity contribution in [2.75, 3.05) is 0 Å². The first kappa shape index (κ1) is 40.6. The molecule has 0 saturated carbocycles. The van der Waals surface area contributed by atoms with Crippen LogP contribution in [0.3, 0.4) is 0 Å². The second-order valence-corrected chi connectivity index (χ2v) is 17.6. The minimum absolute atomic E-state index is 0. The van der Waals surface area contributed by atoms with Gasteiger partial charge in [0.1, 0.15) is 28.8 Å². The maximum atomic E-state index is 6.71. The molecule has 12 heteroatoms. The van der Waals surface area contributed by atoms with E-state index in [9.17, 15) is 0 Å². The van der Waals surface area contributed by atoms with Crippen LogP contribution < -0.4 is 21.4 Å². The molecule has 4 aromatic carbocycles. The van der Waals surface area contributed by atoms with E-state index in [2.05, 4.69) is 136 Å². The fraction of sp³-hybridized carbons (Fsp3) is 0.216. The summed E-state index contributed by atoms with van der Waals surface area (Å²) in [5.74, 6) is 4.51. The Morgan fingerprint density at radius 3 is 2.22 bits per heavy atom. The number of ether oxygens (including phenoxy) is 1. The van der Waals surface area contributed by atoms with Crippen LogP contribution in [-0.4, -0.2) is 50.2 Å². The minimum Gasteiger partial charge on any atom is -0.509 e. The van der Waals surface area contributed by atoms with Gasteiger partial charge in [0.25, 0.3) is 6.71 Å². The number of imidazole rings is 2. The van der Waals surface area contributed by atoms with Crippen LogP contribution in [0, 0.1) is 26.0 Å². The van der Waals surface area contributed by atoms with E-state index in [4.69, 9.17) is 34.6 Å². The molecule has 10 nitrogen and oxygen atoms in total. The molecule has 0 bridgehead atoms. The third kappa shape index (κ3) is 6.34. The largest absolute Gasteiger partial charge is 2.00 e. The van der Waals surface area contributed by atoms with E-state index in [1.807, 2.05) is 54.9 Å². The maximum Gasteiger partial charge on any atom is 2.00 e. The molecule has 0 unspecified atom stereocenters. The van der Waals surface area contributed by atoms with Crippen molar-refractivity contribution in [1.29, 1.82) is 0 Å². The Labute approximate surface area is 380 Å². The smallest absolute Gasteiger partial charge is 0.509 e. The Morgan fingerprint density at radius 1 is 0.698 bits per heavy atom. The van der Waals surface area contributed by atoms with Crippen LogP contribution in [0.2, 0.25) is 0 Å². The van der Waals surface area contributed by atoms with Crippen molar-refractivity contribution in [3.63, 3.8) is 0 Å². The molecule has 0 spiro atoms. The molecule has 63 heavy (non-hydrogen) atoms. The molecule has 6 aromatic heterocycles. The number of benzene rings is 4. The summed E-state index contributed by atoms with van der Waals surface area (Å²) < 4.78 is 13.2. The standard InChI is InChI=1S/C51H44BN9O.Pt/c1-29(2)46-56-47(30(3)4)58-49(57-46)52-38-19-10-9-18-37(38)51(7,8)45-44(52)36-17-14-24-53-48(36)59(45)33-15-13-16-34(26-33)62-35-22-23-41-42(27-35)61(43-25-31(5)32(6)28-54-43)50-55-39-20-11-12-21-40(39)60(41)50;/h9-25,28-30H,1-8H3;/q-2;+2. The molecule has 1 aliphatic heterocycles. The van der Waals surface area contributed by atoms with E-state index in [0.29, 0.717) is 11.5 Å². The molecule has 0 fully saturated rings. The summed E-state index contributed by atoms with van der Waals surface area (Å²) in [6.07, 6.45) is 3.77. The summed E-state index contributed by atoms with van der Waals surface area (Å²) in [6.45, 7) is 17.1. The molecule has 0 saturated heterocycles. The molecule has 0 atom stereocenters. The zero-order valence-corrected chi connectivity index (χ0v) is 38.6. The van der Waals surface area contributed by atoms with Gasteiger partial charge in [0, 0.05) is 52.2 Å². The molecule has 1 aliphatic rings. The number of aromatic nitrogens is 9. The van der Waals surface area contributed by atoms with Crippen LogP contribution in [0.4, 0.5) is 0 Å². The van der Waals surface area contributed by atoms with Gasteiger partial charge < -0.3 is 13.7 Å². The first-order chi connectivity index (χ1) is 30.0. The van der Waals surface area contributed by atoms with Gasteiger partial charge in [-0.05, 0) is 71.3 Å². The third-order valence-electron chi connectivity index (χ3n) is 12.5. The summed E-state index contributed by atoms with van der Waals surface area (Å²) in [4.78, 5) is 30.4. The summed E-state index contributed by atoms with van der Waals surface area (Å²) >= 11 is 0. The van der Waals surface area contributed by atoms with Crippen molar-refractivity contribution in [2.45, 2.75) is 72.6 Å². The van der Waals surface area contributed by atoms with E-state index in [-0.39, 0.29) is 39.6 Å². The number of hydrogen-bond donors (Lipinski definition) is 0. The van der Waals surface area contributed by atoms with Crippen LogP contribution in [0.5, 0.6) is 11.5 Å². The Morgan fingerprint density at radius 2 is 1.44 bits per heavy atom. The number of pyridine rings is 2. The average molecular weight is 1000 g/mol. The SMILES string of the molecule is Cc1cnc(-n2c3[c-]c(Oc4[c-]c(-n5c6c(c7cccnc75)B(c5nc(C(C)C)nc(C(C)C)n5)c5ccccc5C6(C)C)ccc4)ccc3n3c4ccccc4nc23)cc1C.[Pt+2]. The third-order valence-corrected chi connectivity index (χ3v) is 12.5. The minimum atomic E-state index is -0.434. The fourth-order valence-electron chi connectivity index (χ4n) is 9.28. The van der Waals surface area contributed by atoms with Gasteiger partial charge in [-0.2, -0.15) is 6.07 Å². The van der Waals surface area contributed by atoms with Gasteiger partial charge in [0.15, 0.2) is 0 Å². The van der Waals surface area contributed by atoms with Gasteiger partial charge in [-0.1, -0.05) is 95.2 Å². The number of para-hydroxylation sites is 2. The van der Waals surface area contributed by atoms with Gasteiger partial charge >= 0.3 is 21.1 Å². The van der Waals surface area contributed by atoms with Gasteiger partial charge in [-0.15, -0.1) is 36.4 Å². The molecular weight excluding hydrogens is 961 g/mol.